The van der Waals surface area contributed by atoms with E-state index in [0.29, 0.717) is 33.9 Å². The minimum Gasteiger partial charge on any atom is -0.424 e. The summed E-state index contributed by atoms with van der Waals surface area (Å²) >= 11 is 12.2. The van der Waals surface area contributed by atoms with Gasteiger partial charge in [-0.1, -0.05) is 49.2 Å². The maximum Gasteiger partial charge on any atom is 0.296 e. The molecule has 0 spiro atoms. The molecule has 3 aromatic rings. The summed E-state index contributed by atoms with van der Waals surface area (Å²) in [7, 11) is 0. The van der Waals surface area contributed by atoms with Crippen LogP contribution in [0.1, 0.15) is 37.8 Å². The van der Waals surface area contributed by atoms with Crippen molar-refractivity contribution < 1.29 is 9.32 Å². The monoisotopic (exact) mass is 460 g/mol. The Morgan fingerprint density at radius 3 is 2.58 bits per heavy atom. The fourth-order valence-corrected chi connectivity index (χ4v) is 4.83. The largest absolute Gasteiger partial charge is 0.424 e. The highest BCUT2D eigenvalue weighted by Crippen LogP contribution is 2.26. The van der Waals surface area contributed by atoms with Crippen molar-refractivity contribution in [3.63, 3.8) is 0 Å². The Morgan fingerprint density at radius 1 is 1.10 bits per heavy atom. The van der Waals surface area contributed by atoms with E-state index in [2.05, 4.69) is 43.2 Å². The van der Waals surface area contributed by atoms with E-state index in [1.807, 2.05) is 24.3 Å². The fraction of sp³-hybridized carbons (Fsp3) is 0.480. The Morgan fingerprint density at radius 2 is 1.87 bits per heavy atom. The number of piperidine rings is 1. The third-order valence-corrected chi connectivity index (χ3v) is 7.23. The smallest absolute Gasteiger partial charge is 0.296 e. The zero-order valence-corrected chi connectivity index (χ0v) is 20.1. The lowest BCUT2D eigenvalue weighted by Gasteiger charge is -2.33. The first kappa shape index (κ1) is 22.4. The van der Waals surface area contributed by atoms with Gasteiger partial charge in [0.2, 0.25) is 0 Å². The van der Waals surface area contributed by atoms with Crippen molar-refractivity contribution in [2.45, 2.75) is 46.1 Å². The molecule has 1 saturated heterocycles. The summed E-state index contributed by atoms with van der Waals surface area (Å²) < 4.78 is 5.97. The molecule has 1 fully saturated rings. The molecule has 0 aliphatic carbocycles. The summed E-state index contributed by atoms with van der Waals surface area (Å²) in [4.78, 5) is 6.29. The third-order valence-electron chi connectivity index (χ3n) is 6.49. The highest BCUT2D eigenvalue weighted by atomic mass is 35.5. The van der Waals surface area contributed by atoms with Crippen LogP contribution in [0.5, 0.6) is 0 Å². The third kappa shape index (κ3) is 5.74. The van der Waals surface area contributed by atoms with E-state index in [4.69, 9.17) is 27.6 Å². The van der Waals surface area contributed by atoms with Gasteiger partial charge in [-0.2, -0.15) is 4.98 Å². The van der Waals surface area contributed by atoms with E-state index in [9.17, 15) is 0 Å². The van der Waals surface area contributed by atoms with E-state index in [1.54, 1.807) is 4.90 Å². The van der Waals surface area contributed by atoms with Crippen LogP contribution in [0.2, 0.25) is 10.0 Å². The molecule has 166 valence electrons. The molecule has 1 aliphatic rings. The van der Waals surface area contributed by atoms with Gasteiger partial charge in [0.25, 0.3) is 6.01 Å². The van der Waals surface area contributed by atoms with Crippen LogP contribution in [-0.2, 0) is 6.42 Å². The lowest BCUT2D eigenvalue weighted by atomic mass is 9.89. The number of likely N-dealkylation sites (tertiary alicyclic amines) is 1. The Bertz CT molecular complexity index is 1020. The summed E-state index contributed by atoms with van der Waals surface area (Å²) in [6.07, 6.45) is 3.56. The van der Waals surface area contributed by atoms with E-state index in [0.717, 1.165) is 24.1 Å². The number of nitrogens with zero attached hydrogens (tertiary/aromatic N) is 1. The molecule has 4 rings (SSSR count). The molecule has 0 radical (unpaired) electrons. The molecule has 1 aliphatic heterocycles. The van der Waals surface area contributed by atoms with Gasteiger partial charge in [-0.15, -0.1) is 0 Å². The molecule has 31 heavy (non-hydrogen) atoms. The Hall–Kier alpha value is -1.75. The Balaban J connectivity index is 1.32. The molecular formula is C25H32Cl2N3O+. The number of halogens is 2. The van der Waals surface area contributed by atoms with Crippen molar-refractivity contribution in [2.24, 2.45) is 11.8 Å². The minimum atomic E-state index is 0.329. The maximum absolute atomic E-state index is 6.19. The van der Waals surface area contributed by atoms with Crippen LogP contribution >= 0.6 is 23.2 Å². The first-order valence-electron chi connectivity index (χ1n) is 11.3. The van der Waals surface area contributed by atoms with Crippen LogP contribution in [0.25, 0.3) is 11.1 Å². The lowest BCUT2D eigenvalue weighted by Crippen LogP contribution is -3.14. The van der Waals surface area contributed by atoms with Crippen LogP contribution in [0.3, 0.4) is 0 Å². The van der Waals surface area contributed by atoms with Crippen LogP contribution < -0.4 is 10.2 Å². The van der Waals surface area contributed by atoms with Crippen LogP contribution in [0, 0.1) is 18.8 Å². The van der Waals surface area contributed by atoms with Crippen LogP contribution in [-0.4, -0.2) is 30.7 Å². The molecule has 0 saturated carbocycles. The molecule has 2 aromatic carbocycles. The fourth-order valence-electron chi connectivity index (χ4n) is 4.51. The zero-order valence-electron chi connectivity index (χ0n) is 18.6. The van der Waals surface area contributed by atoms with Crippen molar-refractivity contribution in [1.29, 1.82) is 0 Å². The minimum absolute atomic E-state index is 0.329. The number of aromatic nitrogens is 1. The maximum atomic E-state index is 6.19. The summed E-state index contributed by atoms with van der Waals surface area (Å²) in [6.45, 7) is 10.1. The summed E-state index contributed by atoms with van der Waals surface area (Å²) in [5, 5.41) is 4.86. The molecule has 6 heteroatoms. The number of hydrogen-bond acceptors (Lipinski definition) is 3. The second-order valence-corrected chi connectivity index (χ2v) is 10.1. The molecule has 0 bridgehead atoms. The van der Waals surface area contributed by atoms with E-state index in [-0.39, 0.29) is 0 Å². The molecule has 1 atom stereocenters. The van der Waals surface area contributed by atoms with Gasteiger partial charge >= 0.3 is 0 Å². The summed E-state index contributed by atoms with van der Waals surface area (Å²) in [5.74, 6) is 1.21. The van der Waals surface area contributed by atoms with Gasteiger partial charge in [0.1, 0.15) is 5.52 Å². The van der Waals surface area contributed by atoms with Gasteiger partial charge in [-0.25, -0.2) is 0 Å². The SMILES string of the molecule is Cc1ccc2nc(N[C@@H](C[NH+]3CCC(Cc4ccc(Cl)c(Cl)c4)CC3)C(C)C)oc2c1. The number of nitrogens with one attached hydrogen (secondary N) is 2. The standard InChI is InChI=1S/C25H31Cl2N3O/c1-16(2)23(29-25-28-22-7-4-17(3)12-24(22)31-25)15-30-10-8-18(9-11-30)13-19-5-6-20(26)21(27)14-19/h4-7,12,14,16,18,23H,8-11,13,15H2,1-3H3,(H,28,29)/p+1/t23-/m0/s1. The molecule has 2 heterocycles. The number of hydrogen-bond donors (Lipinski definition) is 2. The van der Waals surface area contributed by atoms with Gasteiger partial charge in [0, 0.05) is 0 Å². The molecular weight excluding hydrogens is 429 g/mol. The summed E-state index contributed by atoms with van der Waals surface area (Å²) in [5.41, 5.74) is 4.23. The van der Waals surface area contributed by atoms with Crippen molar-refractivity contribution in [1.82, 2.24) is 4.98 Å². The first-order chi connectivity index (χ1) is 14.9. The van der Waals surface area contributed by atoms with Gasteiger partial charge in [0.15, 0.2) is 5.58 Å². The molecule has 0 amide bonds. The van der Waals surface area contributed by atoms with E-state index < -0.39 is 0 Å². The topological polar surface area (TPSA) is 42.5 Å². The second-order valence-electron chi connectivity index (χ2n) is 9.34. The van der Waals surface area contributed by atoms with E-state index in [1.165, 1.54) is 37.1 Å². The van der Waals surface area contributed by atoms with E-state index >= 15 is 0 Å². The average molecular weight is 461 g/mol. The van der Waals surface area contributed by atoms with Crippen molar-refractivity contribution in [3.8, 4) is 0 Å². The normalized spacial score (nSPS) is 20.3. The molecule has 1 aromatic heterocycles. The molecule has 0 unspecified atom stereocenters. The zero-order chi connectivity index (χ0) is 22.0. The number of quaternary nitrogens is 1. The number of benzene rings is 2. The highest BCUT2D eigenvalue weighted by Gasteiger charge is 2.27. The van der Waals surface area contributed by atoms with Crippen molar-refractivity contribution in [2.75, 3.05) is 25.0 Å². The van der Waals surface area contributed by atoms with Crippen molar-refractivity contribution >= 4 is 40.3 Å². The number of rotatable bonds is 7. The number of anilines is 1. The Labute approximate surface area is 194 Å². The van der Waals surface area contributed by atoms with Gasteiger partial charge in [-0.3, -0.25) is 0 Å². The molecule has 4 nitrogen and oxygen atoms in total. The average Bonchev–Trinajstić information content (AvgIpc) is 3.13. The number of aryl methyl sites for hydroxylation is 1. The first-order valence-corrected chi connectivity index (χ1v) is 12.0. The predicted molar refractivity (Wildman–Crippen MR) is 129 cm³/mol. The Kier molecular flexibility index (Phi) is 7.10. The number of oxazole rings is 1. The van der Waals surface area contributed by atoms with Gasteiger partial charge in [0.05, 0.1) is 35.7 Å². The predicted octanol–water partition coefficient (Wildman–Crippen LogP) is 5.42. The van der Waals surface area contributed by atoms with Gasteiger partial charge in [-0.05, 0) is 73.4 Å². The van der Waals surface area contributed by atoms with Crippen LogP contribution in [0.15, 0.2) is 40.8 Å². The lowest BCUT2D eigenvalue weighted by molar-refractivity contribution is -0.907. The molecule has 2 N–H and O–H groups in total. The highest BCUT2D eigenvalue weighted by molar-refractivity contribution is 6.42. The van der Waals surface area contributed by atoms with Crippen LogP contribution in [0.4, 0.5) is 6.01 Å². The van der Waals surface area contributed by atoms with Crippen molar-refractivity contribution in [3.05, 3.63) is 57.6 Å². The van der Waals surface area contributed by atoms with Gasteiger partial charge < -0.3 is 14.6 Å². The number of fused-ring (bicyclic) bond motifs is 1. The quantitative estimate of drug-likeness (QED) is 0.494. The second kappa shape index (κ2) is 9.81. The summed E-state index contributed by atoms with van der Waals surface area (Å²) in [6, 6.07) is 13.1.